The predicted octanol–water partition coefficient (Wildman–Crippen LogP) is 3.07. The fraction of sp³-hybridized carbons (Fsp3) is 0.375. The molecule has 112 valence electrons. The van der Waals surface area contributed by atoms with E-state index >= 15 is 0 Å². The summed E-state index contributed by atoms with van der Waals surface area (Å²) in [7, 11) is -3.47. The zero-order valence-corrected chi connectivity index (χ0v) is 12.8. The fourth-order valence-electron chi connectivity index (χ4n) is 2.30. The summed E-state index contributed by atoms with van der Waals surface area (Å²) in [5.74, 6) is 0.734. The largest absolute Gasteiger partial charge is 0.493 e. The second-order valence-corrected chi connectivity index (χ2v) is 7.03. The lowest BCUT2D eigenvalue weighted by atomic mass is 10.1. The zero-order valence-electron chi connectivity index (χ0n) is 12.0. The molecule has 4 nitrogen and oxygen atoms in total. The first-order chi connectivity index (χ1) is 10.1. The predicted molar refractivity (Wildman–Crippen MR) is 83.1 cm³/mol. The van der Waals surface area contributed by atoms with Crippen molar-refractivity contribution in [3.05, 3.63) is 36.4 Å². The molecule has 1 aliphatic carbocycles. The maximum atomic E-state index is 12.5. The minimum atomic E-state index is -3.47. The summed E-state index contributed by atoms with van der Waals surface area (Å²) in [5.41, 5.74) is 0. The number of rotatable bonds is 6. The van der Waals surface area contributed by atoms with Crippen LogP contribution in [-0.4, -0.2) is 21.1 Å². The van der Waals surface area contributed by atoms with Crippen molar-refractivity contribution in [2.45, 2.75) is 37.1 Å². The maximum Gasteiger partial charge on any atom is 0.241 e. The Morgan fingerprint density at radius 1 is 1.14 bits per heavy atom. The molecule has 1 saturated carbocycles. The van der Waals surface area contributed by atoms with E-state index in [0.29, 0.717) is 16.9 Å². The summed E-state index contributed by atoms with van der Waals surface area (Å²) in [4.78, 5) is 0.328. The summed E-state index contributed by atoms with van der Waals surface area (Å²) in [6, 6.07) is 11.0. The van der Waals surface area contributed by atoms with Crippen LogP contribution in [0.15, 0.2) is 41.3 Å². The highest BCUT2D eigenvalue weighted by atomic mass is 32.2. The van der Waals surface area contributed by atoms with E-state index in [1.54, 1.807) is 12.1 Å². The number of hydrogen-bond donors (Lipinski definition) is 1. The molecule has 1 aliphatic rings. The van der Waals surface area contributed by atoms with Gasteiger partial charge in [-0.1, -0.05) is 31.2 Å². The van der Waals surface area contributed by atoms with E-state index in [9.17, 15) is 8.42 Å². The van der Waals surface area contributed by atoms with Gasteiger partial charge in [-0.3, -0.25) is 0 Å². The van der Waals surface area contributed by atoms with Crippen molar-refractivity contribution < 1.29 is 13.2 Å². The van der Waals surface area contributed by atoms with Gasteiger partial charge >= 0.3 is 0 Å². The molecule has 2 aromatic rings. The minimum Gasteiger partial charge on any atom is -0.493 e. The fourth-order valence-corrected chi connectivity index (χ4v) is 3.82. The van der Waals surface area contributed by atoms with Crippen LogP contribution in [0, 0.1) is 0 Å². The van der Waals surface area contributed by atoms with Gasteiger partial charge in [-0.25, -0.2) is 13.1 Å². The number of fused-ring (bicyclic) bond motifs is 1. The SMILES string of the molecule is CCCOc1ccc(S(=O)(=O)NC2CC2)c2ccccc12. The minimum absolute atomic E-state index is 0.102. The van der Waals surface area contributed by atoms with Gasteiger partial charge in [0.1, 0.15) is 5.75 Å². The Kier molecular flexibility index (Phi) is 3.87. The second-order valence-electron chi connectivity index (χ2n) is 5.35. The number of ether oxygens (including phenoxy) is 1. The molecule has 0 aromatic heterocycles. The number of sulfonamides is 1. The monoisotopic (exact) mass is 305 g/mol. The van der Waals surface area contributed by atoms with Crippen molar-refractivity contribution in [1.29, 1.82) is 0 Å². The van der Waals surface area contributed by atoms with Crippen molar-refractivity contribution in [1.82, 2.24) is 4.72 Å². The molecule has 0 spiro atoms. The first kappa shape index (κ1) is 14.4. The van der Waals surface area contributed by atoms with Crippen LogP contribution in [0.25, 0.3) is 10.8 Å². The summed E-state index contributed by atoms with van der Waals surface area (Å²) in [6.07, 6.45) is 2.77. The van der Waals surface area contributed by atoms with Crippen LogP contribution in [-0.2, 0) is 10.0 Å². The number of hydrogen-bond acceptors (Lipinski definition) is 3. The van der Waals surface area contributed by atoms with Gasteiger partial charge < -0.3 is 4.74 Å². The van der Waals surface area contributed by atoms with Gasteiger partial charge in [0, 0.05) is 16.8 Å². The van der Waals surface area contributed by atoms with E-state index in [2.05, 4.69) is 4.72 Å². The molecule has 5 heteroatoms. The van der Waals surface area contributed by atoms with E-state index in [-0.39, 0.29) is 6.04 Å². The Labute approximate surface area is 125 Å². The van der Waals surface area contributed by atoms with Crippen LogP contribution in [0.3, 0.4) is 0 Å². The molecule has 0 amide bonds. The molecule has 1 fully saturated rings. The van der Waals surface area contributed by atoms with E-state index < -0.39 is 10.0 Å². The summed E-state index contributed by atoms with van der Waals surface area (Å²) >= 11 is 0. The molecular formula is C16H19NO3S. The third-order valence-electron chi connectivity index (χ3n) is 3.49. The molecule has 3 rings (SSSR count). The molecule has 0 heterocycles. The molecule has 0 atom stereocenters. The third-order valence-corrected chi connectivity index (χ3v) is 5.07. The topological polar surface area (TPSA) is 55.4 Å². The van der Waals surface area contributed by atoms with E-state index in [4.69, 9.17) is 4.74 Å². The average molecular weight is 305 g/mol. The lowest BCUT2D eigenvalue weighted by Gasteiger charge is -2.13. The zero-order chi connectivity index (χ0) is 14.9. The lowest BCUT2D eigenvalue weighted by molar-refractivity contribution is 0.321. The van der Waals surface area contributed by atoms with Gasteiger partial charge in [0.2, 0.25) is 10.0 Å². The first-order valence-corrected chi connectivity index (χ1v) is 8.77. The second kappa shape index (κ2) is 5.66. The maximum absolute atomic E-state index is 12.5. The van der Waals surface area contributed by atoms with Gasteiger partial charge in [0.25, 0.3) is 0 Å². The normalized spacial score (nSPS) is 15.3. The van der Waals surface area contributed by atoms with Crippen molar-refractivity contribution >= 4 is 20.8 Å². The van der Waals surface area contributed by atoms with Gasteiger partial charge in [0.15, 0.2) is 0 Å². The molecule has 0 radical (unpaired) electrons. The van der Waals surface area contributed by atoms with Gasteiger partial charge in [-0.05, 0) is 31.4 Å². The highest BCUT2D eigenvalue weighted by Crippen LogP contribution is 2.32. The van der Waals surface area contributed by atoms with E-state index in [1.807, 2.05) is 31.2 Å². The van der Waals surface area contributed by atoms with Crippen LogP contribution in [0.2, 0.25) is 0 Å². The van der Waals surface area contributed by atoms with Crippen molar-refractivity contribution in [3.8, 4) is 5.75 Å². The van der Waals surface area contributed by atoms with Gasteiger partial charge in [-0.2, -0.15) is 0 Å². The van der Waals surface area contributed by atoms with Crippen molar-refractivity contribution in [2.24, 2.45) is 0 Å². The van der Waals surface area contributed by atoms with Crippen LogP contribution < -0.4 is 9.46 Å². The summed E-state index contributed by atoms with van der Waals surface area (Å²) in [6.45, 7) is 2.66. The molecule has 0 unspecified atom stereocenters. The Hall–Kier alpha value is -1.59. The Balaban J connectivity index is 2.07. The quantitative estimate of drug-likeness (QED) is 0.892. The van der Waals surface area contributed by atoms with E-state index in [0.717, 1.165) is 30.4 Å². The molecule has 0 saturated heterocycles. The molecule has 0 bridgehead atoms. The Bertz CT molecular complexity index is 751. The molecule has 2 aromatic carbocycles. The third kappa shape index (κ3) is 3.04. The highest BCUT2D eigenvalue weighted by molar-refractivity contribution is 7.89. The highest BCUT2D eigenvalue weighted by Gasteiger charge is 2.29. The van der Waals surface area contributed by atoms with Gasteiger partial charge in [0.05, 0.1) is 11.5 Å². The summed E-state index contributed by atoms with van der Waals surface area (Å²) in [5, 5.41) is 1.55. The standard InChI is InChI=1S/C16H19NO3S/c1-2-11-20-15-9-10-16(14-6-4-3-5-13(14)15)21(18,19)17-12-7-8-12/h3-6,9-10,12,17H,2,7-8,11H2,1H3. The van der Waals surface area contributed by atoms with Crippen LogP contribution in [0.4, 0.5) is 0 Å². The van der Waals surface area contributed by atoms with Crippen molar-refractivity contribution in [3.63, 3.8) is 0 Å². The summed E-state index contributed by atoms with van der Waals surface area (Å²) < 4.78 is 33.4. The Morgan fingerprint density at radius 2 is 1.86 bits per heavy atom. The number of nitrogens with one attached hydrogen (secondary N) is 1. The van der Waals surface area contributed by atoms with Gasteiger partial charge in [-0.15, -0.1) is 0 Å². The lowest BCUT2D eigenvalue weighted by Crippen LogP contribution is -2.25. The van der Waals surface area contributed by atoms with Crippen LogP contribution >= 0.6 is 0 Å². The average Bonchev–Trinajstić information content (AvgIpc) is 3.27. The molecular weight excluding hydrogens is 286 g/mol. The molecule has 1 N–H and O–H groups in total. The van der Waals surface area contributed by atoms with Crippen molar-refractivity contribution in [2.75, 3.05) is 6.61 Å². The molecule has 0 aliphatic heterocycles. The van der Waals surface area contributed by atoms with Crippen LogP contribution in [0.1, 0.15) is 26.2 Å². The van der Waals surface area contributed by atoms with Crippen LogP contribution in [0.5, 0.6) is 5.75 Å². The first-order valence-electron chi connectivity index (χ1n) is 7.28. The Morgan fingerprint density at radius 3 is 2.52 bits per heavy atom. The molecule has 21 heavy (non-hydrogen) atoms. The smallest absolute Gasteiger partial charge is 0.241 e. The van der Waals surface area contributed by atoms with E-state index in [1.165, 1.54) is 0 Å². The number of benzene rings is 2.